The number of aromatic amines is 1. The predicted octanol–water partition coefficient (Wildman–Crippen LogP) is 2.93. The number of nitrogen functional groups attached to an aromatic ring is 1. The largest absolute Gasteiger partial charge is 0.384 e. The molecule has 0 atom stereocenters. The van der Waals surface area contributed by atoms with Crippen molar-refractivity contribution in [3.05, 3.63) is 40.8 Å². The predicted molar refractivity (Wildman–Crippen MR) is 60.3 cm³/mol. The molecule has 0 radical (unpaired) electrons. The summed E-state index contributed by atoms with van der Waals surface area (Å²) in [6, 6.07) is 6.08. The molecular formula is C11H7ClFN3. The third-order valence-corrected chi connectivity index (χ3v) is 2.48. The molecule has 5 heteroatoms. The molecule has 0 fully saturated rings. The first-order chi connectivity index (χ1) is 7.63. The Kier molecular flexibility index (Phi) is 2.55. The minimum atomic E-state index is -0.445. The maximum absolute atomic E-state index is 13.6. The molecule has 0 spiro atoms. The summed E-state index contributed by atoms with van der Waals surface area (Å²) >= 11 is 5.78. The van der Waals surface area contributed by atoms with Gasteiger partial charge < -0.3 is 10.7 Å². The summed E-state index contributed by atoms with van der Waals surface area (Å²) in [5.74, 6) is -0.225. The lowest BCUT2D eigenvalue weighted by Gasteiger charge is -2.01. The number of hydrogen-bond donors (Lipinski definition) is 2. The van der Waals surface area contributed by atoms with E-state index in [-0.39, 0.29) is 16.9 Å². The van der Waals surface area contributed by atoms with E-state index in [1.165, 1.54) is 24.4 Å². The van der Waals surface area contributed by atoms with Crippen LogP contribution in [0.5, 0.6) is 0 Å². The first-order valence-electron chi connectivity index (χ1n) is 4.46. The van der Waals surface area contributed by atoms with Gasteiger partial charge in [0.05, 0.1) is 0 Å². The molecule has 1 heterocycles. The molecule has 3 N–H and O–H groups in total. The number of nitrogens with zero attached hydrogens (tertiary/aromatic N) is 1. The fourth-order valence-electron chi connectivity index (χ4n) is 1.48. The molecule has 0 saturated carbocycles. The molecule has 80 valence electrons. The SMILES string of the molecule is N#Cc1c(-c2cc(Cl)ccc2F)c[nH]c1N. The Balaban J connectivity index is 2.68. The van der Waals surface area contributed by atoms with Crippen LogP contribution in [0.15, 0.2) is 24.4 Å². The van der Waals surface area contributed by atoms with E-state index in [0.29, 0.717) is 10.6 Å². The molecule has 0 aliphatic heterocycles. The summed E-state index contributed by atoms with van der Waals surface area (Å²) in [4.78, 5) is 2.68. The van der Waals surface area contributed by atoms with Crippen molar-refractivity contribution in [1.82, 2.24) is 4.98 Å². The number of nitrogens with two attached hydrogens (primary N) is 1. The molecule has 0 unspecified atom stereocenters. The lowest BCUT2D eigenvalue weighted by molar-refractivity contribution is 0.631. The molecule has 0 amide bonds. The molecule has 3 nitrogen and oxygen atoms in total. The third-order valence-electron chi connectivity index (χ3n) is 2.24. The molecule has 0 bridgehead atoms. The number of hydrogen-bond acceptors (Lipinski definition) is 2. The summed E-state index contributed by atoms with van der Waals surface area (Å²) in [6.45, 7) is 0. The first kappa shape index (κ1) is 10.5. The van der Waals surface area contributed by atoms with Gasteiger partial charge in [-0.05, 0) is 18.2 Å². The minimum absolute atomic E-state index is 0.219. The Hall–Kier alpha value is -1.99. The second kappa shape index (κ2) is 3.87. The Morgan fingerprint density at radius 1 is 1.38 bits per heavy atom. The van der Waals surface area contributed by atoms with Gasteiger partial charge in [-0.15, -0.1) is 0 Å². The molecule has 16 heavy (non-hydrogen) atoms. The summed E-state index contributed by atoms with van der Waals surface area (Å²) in [5.41, 5.74) is 6.44. The maximum atomic E-state index is 13.6. The topological polar surface area (TPSA) is 65.6 Å². The van der Waals surface area contributed by atoms with E-state index >= 15 is 0 Å². The van der Waals surface area contributed by atoms with Gasteiger partial charge in [-0.25, -0.2) is 4.39 Å². The monoisotopic (exact) mass is 235 g/mol. The average Bonchev–Trinajstić information content (AvgIpc) is 2.63. The Morgan fingerprint density at radius 3 is 2.81 bits per heavy atom. The van der Waals surface area contributed by atoms with Crippen LogP contribution < -0.4 is 5.73 Å². The van der Waals surface area contributed by atoms with Gasteiger partial charge in [-0.1, -0.05) is 11.6 Å². The van der Waals surface area contributed by atoms with Crippen LogP contribution in [-0.4, -0.2) is 4.98 Å². The number of nitriles is 1. The highest BCUT2D eigenvalue weighted by molar-refractivity contribution is 6.30. The van der Waals surface area contributed by atoms with Gasteiger partial charge in [-0.3, -0.25) is 0 Å². The van der Waals surface area contributed by atoms with Gasteiger partial charge in [0.25, 0.3) is 0 Å². The quantitative estimate of drug-likeness (QED) is 0.798. The van der Waals surface area contributed by atoms with Gasteiger partial charge in [0.2, 0.25) is 0 Å². The standard InChI is InChI=1S/C11H7ClFN3/c12-6-1-2-10(13)7(3-6)9-5-16-11(15)8(9)4-14/h1-3,5,16H,15H2. The first-order valence-corrected chi connectivity index (χ1v) is 4.83. The van der Waals surface area contributed by atoms with Crippen LogP contribution in [0.25, 0.3) is 11.1 Å². The van der Waals surface area contributed by atoms with E-state index in [9.17, 15) is 4.39 Å². The van der Waals surface area contributed by atoms with Crippen molar-refractivity contribution in [2.45, 2.75) is 0 Å². The number of rotatable bonds is 1. The number of anilines is 1. The van der Waals surface area contributed by atoms with Crippen molar-refractivity contribution in [1.29, 1.82) is 5.26 Å². The number of benzene rings is 1. The van der Waals surface area contributed by atoms with Crippen molar-refractivity contribution in [3.63, 3.8) is 0 Å². The van der Waals surface area contributed by atoms with E-state index in [4.69, 9.17) is 22.6 Å². The van der Waals surface area contributed by atoms with Crippen LogP contribution >= 0.6 is 11.6 Å². The van der Waals surface area contributed by atoms with Gasteiger partial charge in [0, 0.05) is 22.3 Å². The van der Waals surface area contributed by atoms with Gasteiger partial charge >= 0.3 is 0 Å². The zero-order valence-electron chi connectivity index (χ0n) is 8.09. The van der Waals surface area contributed by atoms with Crippen molar-refractivity contribution in [2.24, 2.45) is 0 Å². The molecule has 2 rings (SSSR count). The second-order valence-corrected chi connectivity index (χ2v) is 3.66. The van der Waals surface area contributed by atoms with Crippen LogP contribution in [0.3, 0.4) is 0 Å². The Morgan fingerprint density at radius 2 is 2.12 bits per heavy atom. The van der Waals surface area contributed by atoms with Crippen LogP contribution in [0.2, 0.25) is 5.02 Å². The molecule has 1 aromatic heterocycles. The van der Waals surface area contributed by atoms with E-state index in [2.05, 4.69) is 4.98 Å². The van der Waals surface area contributed by atoms with Crippen molar-refractivity contribution in [2.75, 3.05) is 5.73 Å². The minimum Gasteiger partial charge on any atom is -0.384 e. The average molecular weight is 236 g/mol. The van der Waals surface area contributed by atoms with Crippen molar-refractivity contribution >= 4 is 17.4 Å². The molecule has 1 aromatic carbocycles. The summed E-state index contributed by atoms with van der Waals surface area (Å²) in [6.07, 6.45) is 1.49. The van der Waals surface area contributed by atoms with Crippen LogP contribution in [0, 0.1) is 17.1 Å². The number of nitrogens with one attached hydrogen (secondary N) is 1. The number of halogens is 2. The number of H-pyrrole nitrogens is 1. The zero-order valence-corrected chi connectivity index (χ0v) is 8.85. The molecule has 0 saturated heterocycles. The molecule has 0 aliphatic carbocycles. The van der Waals surface area contributed by atoms with Crippen molar-refractivity contribution < 1.29 is 4.39 Å². The van der Waals surface area contributed by atoms with Gasteiger partial charge in [0.15, 0.2) is 0 Å². The van der Waals surface area contributed by atoms with Crippen LogP contribution in [0.4, 0.5) is 10.2 Å². The lowest BCUT2D eigenvalue weighted by Crippen LogP contribution is -1.89. The van der Waals surface area contributed by atoms with Gasteiger partial charge in [-0.2, -0.15) is 5.26 Å². The van der Waals surface area contributed by atoms with E-state index < -0.39 is 5.82 Å². The Bertz CT molecular complexity index is 583. The summed E-state index contributed by atoms with van der Waals surface area (Å²) < 4.78 is 13.6. The zero-order chi connectivity index (χ0) is 11.7. The van der Waals surface area contributed by atoms with Crippen LogP contribution in [0.1, 0.15) is 5.56 Å². The fourth-order valence-corrected chi connectivity index (χ4v) is 1.65. The highest BCUT2D eigenvalue weighted by Crippen LogP contribution is 2.30. The maximum Gasteiger partial charge on any atom is 0.131 e. The molecule has 0 aliphatic rings. The van der Waals surface area contributed by atoms with E-state index in [1.54, 1.807) is 0 Å². The van der Waals surface area contributed by atoms with E-state index in [1.807, 2.05) is 6.07 Å². The summed E-state index contributed by atoms with van der Waals surface area (Å²) in [5, 5.41) is 9.31. The second-order valence-electron chi connectivity index (χ2n) is 3.23. The highest BCUT2D eigenvalue weighted by Gasteiger charge is 2.14. The molecule has 2 aromatic rings. The van der Waals surface area contributed by atoms with Crippen molar-refractivity contribution in [3.8, 4) is 17.2 Å². The third kappa shape index (κ3) is 1.62. The number of aromatic nitrogens is 1. The Labute approximate surface area is 96.3 Å². The smallest absolute Gasteiger partial charge is 0.131 e. The molecular weight excluding hydrogens is 229 g/mol. The fraction of sp³-hybridized carbons (Fsp3) is 0. The highest BCUT2D eigenvalue weighted by atomic mass is 35.5. The van der Waals surface area contributed by atoms with E-state index in [0.717, 1.165) is 0 Å². The normalized spacial score (nSPS) is 10.1. The summed E-state index contributed by atoms with van der Waals surface area (Å²) in [7, 11) is 0. The van der Waals surface area contributed by atoms with Crippen LogP contribution in [-0.2, 0) is 0 Å². The van der Waals surface area contributed by atoms with Gasteiger partial charge in [0.1, 0.15) is 23.3 Å². The lowest BCUT2D eigenvalue weighted by atomic mass is 10.0.